The molecule has 0 aliphatic rings. The van der Waals surface area contributed by atoms with Gasteiger partial charge in [-0.3, -0.25) is 0 Å². The first-order valence-corrected chi connectivity index (χ1v) is 8.10. The van der Waals surface area contributed by atoms with Crippen LogP contribution in [0.25, 0.3) is 0 Å². The minimum atomic E-state index is 0.267. The van der Waals surface area contributed by atoms with E-state index < -0.39 is 0 Å². The summed E-state index contributed by atoms with van der Waals surface area (Å²) in [5.74, 6) is 0. The van der Waals surface area contributed by atoms with E-state index in [1.807, 2.05) is 18.2 Å². The van der Waals surface area contributed by atoms with Gasteiger partial charge < -0.3 is 5.32 Å². The van der Waals surface area contributed by atoms with Crippen molar-refractivity contribution in [3.63, 3.8) is 0 Å². The molecule has 1 atom stereocenters. The van der Waals surface area contributed by atoms with Crippen molar-refractivity contribution in [2.45, 2.75) is 25.8 Å². The quantitative estimate of drug-likeness (QED) is 0.759. The van der Waals surface area contributed by atoms with Crippen molar-refractivity contribution in [2.75, 3.05) is 6.54 Å². The number of benzene rings is 1. The Bertz CT molecular complexity index is 491. The summed E-state index contributed by atoms with van der Waals surface area (Å²) >= 11 is 14.2. The first kappa shape index (κ1) is 14.9. The van der Waals surface area contributed by atoms with Gasteiger partial charge in [0.05, 0.1) is 0 Å². The van der Waals surface area contributed by atoms with Gasteiger partial charge in [0.2, 0.25) is 0 Å². The van der Waals surface area contributed by atoms with Crippen molar-refractivity contribution in [3.8, 4) is 0 Å². The van der Waals surface area contributed by atoms with Crippen LogP contribution in [0.5, 0.6) is 0 Å². The number of hydrogen-bond acceptors (Lipinski definition) is 2. The first-order valence-electron chi connectivity index (χ1n) is 6.40. The highest BCUT2D eigenvalue weighted by molar-refractivity contribution is 7.07. The van der Waals surface area contributed by atoms with Gasteiger partial charge in [0.15, 0.2) is 0 Å². The van der Waals surface area contributed by atoms with Gasteiger partial charge in [0, 0.05) is 16.1 Å². The molecule has 1 N–H and O–H groups in total. The molecule has 0 saturated carbocycles. The maximum atomic E-state index is 6.26. The maximum Gasteiger partial charge on any atom is 0.0453 e. The standard InChI is InChI=1S/C15H17Cl2NS/c1-2-7-18-15(11-6-8-19-10-11)9-12-13(16)4-3-5-14(12)17/h3-6,8,10,15,18H,2,7,9H2,1H3. The normalized spacial score (nSPS) is 12.6. The second-order valence-corrected chi connectivity index (χ2v) is 6.06. The zero-order valence-electron chi connectivity index (χ0n) is 10.8. The lowest BCUT2D eigenvalue weighted by molar-refractivity contribution is 0.530. The van der Waals surface area contributed by atoms with Crippen LogP contribution in [0, 0.1) is 0 Å². The molecule has 1 heterocycles. The fourth-order valence-corrected chi connectivity index (χ4v) is 3.30. The van der Waals surface area contributed by atoms with E-state index in [-0.39, 0.29) is 6.04 Å². The molecule has 0 fully saturated rings. The highest BCUT2D eigenvalue weighted by Crippen LogP contribution is 2.30. The second-order valence-electron chi connectivity index (χ2n) is 4.47. The Hall–Kier alpha value is -0.540. The van der Waals surface area contributed by atoms with Crippen LogP contribution in [-0.2, 0) is 6.42 Å². The van der Waals surface area contributed by atoms with Gasteiger partial charge in [0.1, 0.15) is 0 Å². The zero-order chi connectivity index (χ0) is 13.7. The molecule has 0 bridgehead atoms. The van der Waals surface area contributed by atoms with Gasteiger partial charge in [-0.2, -0.15) is 11.3 Å². The van der Waals surface area contributed by atoms with E-state index in [2.05, 4.69) is 29.1 Å². The molecule has 1 nitrogen and oxygen atoms in total. The summed E-state index contributed by atoms with van der Waals surface area (Å²) < 4.78 is 0. The Morgan fingerprint density at radius 3 is 2.53 bits per heavy atom. The molecule has 0 aliphatic heterocycles. The van der Waals surface area contributed by atoms with Crippen molar-refractivity contribution < 1.29 is 0 Å². The largest absolute Gasteiger partial charge is 0.310 e. The lowest BCUT2D eigenvalue weighted by Gasteiger charge is -2.19. The molecule has 0 radical (unpaired) electrons. The summed E-state index contributed by atoms with van der Waals surface area (Å²) in [6.45, 7) is 3.16. The molecule has 0 aliphatic carbocycles. The Labute approximate surface area is 128 Å². The number of nitrogens with one attached hydrogen (secondary N) is 1. The summed E-state index contributed by atoms with van der Waals surface area (Å²) in [4.78, 5) is 0. The van der Waals surface area contributed by atoms with Crippen LogP contribution in [0.15, 0.2) is 35.0 Å². The lowest BCUT2D eigenvalue weighted by Crippen LogP contribution is -2.23. The van der Waals surface area contributed by atoms with E-state index in [9.17, 15) is 0 Å². The Morgan fingerprint density at radius 2 is 1.95 bits per heavy atom. The third kappa shape index (κ3) is 3.96. The van der Waals surface area contributed by atoms with Crippen LogP contribution in [0.4, 0.5) is 0 Å². The minimum Gasteiger partial charge on any atom is -0.310 e. The van der Waals surface area contributed by atoms with Crippen LogP contribution in [0.2, 0.25) is 10.0 Å². The van der Waals surface area contributed by atoms with Crippen LogP contribution in [-0.4, -0.2) is 6.54 Å². The number of thiophene rings is 1. The minimum absolute atomic E-state index is 0.267. The van der Waals surface area contributed by atoms with Gasteiger partial charge in [-0.25, -0.2) is 0 Å². The van der Waals surface area contributed by atoms with Crippen LogP contribution in [0.1, 0.15) is 30.5 Å². The van der Waals surface area contributed by atoms with Gasteiger partial charge in [-0.1, -0.05) is 36.2 Å². The van der Waals surface area contributed by atoms with E-state index in [4.69, 9.17) is 23.2 Å². The molecule has 1 aromatic heterocycles. The Kier molecular flexibility index (Phi) is 5.71. The molecule has 0 saturated heterocycles. The summed E-state index contributed by atoms with van der Waals surface area (Å²) in [6.07, 6.45) is 1.92. The van der Waals surface area contributed by atoms with Crippen molar-refractivity contribution in [1.29, 1.82) is 0 Å². The average Bonchev–Trinajstić information content (AvgIpc) is 2.91. The van der Waals surface area contributed by atoms with Gasteiger partial charge >= 0.3 is 0 Å². The number of hydrogen-bond donors (Lipinski definition) is 1. The van der Waals surface area contributed by atoms with E-state index in [0.29, 0.717) is 0 Å². The van der Waals surface area contributed by atoms with Crippen molar-refractivity contribution >= 4 is 34.5 Å². The SMILES string of the molecule is CCCNC(Cc1c(Cl)cccc1Cl)c1ccsc1. The second kappa shape index (κ2) is 7.30. The Balaban J connectivity index is 2.20. The highest BCUT2D eigenvalue weighted by atomic mass is 35.5. The number of halogens is 2. The molecule has 0 spiro atoms. The third-order valence-corrected chi connectivity index (χ3v) is 4.47. The van der Waals surface area contributed by atoms with Gasteiger partial charge in [-0.05, 0) is 59.5 Å². The van der Waals surface area contributed by atoms with Crippen LogP contribution in [0.3, 0.4) is 0 Å². The predicted molar refractivity (Wildman–Crippen MR) is 85.5 cm³/mol. The number of rotatable bonds is 6. The van der Waals surface area contributed by atoms with E-state index >= 15 is 0 Å². The fraction of sp³-hybridized carbons (Fsp3) is 0.333. The van der Waals surface area contributed by atoms with Crippen molar-refractivity contribution in [1.82, 2.24) is 5.32 Å². The van der Waals surface area contributed by atoms with E-state index in [0.717, 1.165) is 35.0 Å². The molecule has 19 heavy (non-hydrogen) atoms. The maximum absolute atomic E-state index is 6.26. The molecule has 0 amide bonds. The monoisotopic (exact) mass is 313 g/mol. The van der Waals surface area contributed by atoms with Gasteiger partial charge in [-0.15, -0.1) is 0 Å². The van der Waals surface area contributed by atoms with E-state index in [1.54, 1.807) is 11.3 Å². The van der Waals surface area contributed by atoms with Crippen molar-refractivity contribution in [2.24, 2.45) is 0 Å². The smallest absolute Gasteiger partial charge is 0.0453 e. The summed E-state index contributed by atoms with van der Waals surface area (Å²) in [6, 6.07) is 8.10. The van der Waals surface area contributed by atoms with Crippen LogP contribution >= 0.6 is 34.5 Å². The fourth-order valence-electron chi connectivity index (χ4n) is 2.03. The molecular weight excluding hydrogens is 297 g/mol. The molecule has 1 aromatic carbocycles. The molecule has 102 valence electrons. The lowest BCUT2D eigenvalue weighted by atomic mass is 10.0. The molecule has 4 heteroatoms. The Morgan fingerprint density at radius 1 is 1.21 bits per heavy atom. The summed E-state index contributed by atoms with van der Waals surface area (Å²) in [7, 11) is 0. The average molecular weight is 314 g/mol. The molecule has 1 unspecified atom stereocenters. The molecule has 2 aromatic rings. The zero-order valence-corrected chi connectivity index (χ0v) is 13.2. The topological polar surface area (TPSA) is 12.0 Å². The third-order valence-electron chi connectivity index (χ3n) is 3.06. The van der Waals surface area contributed by atoms with E-state index in [1.165, 1.54) is 5.56 Å². The summed E-state index contributed by atoms with van der Waals surface area (Å²) in [5, 5.41) is 9.33. The first-order chi connectivity index (χ1) is 9.22. The predicted octanol–water partition coefficient (Wildman–Crippen LogP) is 5.34. The van der Waals surface area contributed by atoms with Crippen LogP contribution < -0.4 is 5.32 Å². The highest BCUT2D eigenvalue weighted by Gasteiger charge is 2.15. The van der Waals surface area contributed by atoms with Gasteiger partial charge in [0.25, 0.3) is 0 Å². The molecule has 2 rings (SSSR count). The summed E-state index contributed by atoms with van der Waals surface area (Å²) in [5.41, 5.74) is 2.32. The van der Waals surface area contributed by atoms with Crippen molar-refractivity contribution in [3.05, 3.63) is 56.2 Å². The molecular formula is C15H17Cl2NS.